The first-order chi connectivity index (χ1) is 14.5. The molecule has 0 saturated carbocycles. The van der Waals surface area contributed by atoms with Crippen molar-refractivity contribution in [2.45, 2.75) is 18.8 Å². The van der Waals surface area contributed by atoms with E-state index >= 15 is 0 Å². The van der Waals surface area contributed by atoms with Crippen LogP contribution >= 0.6 is 23.6 Å². The predicted octanol–water partition coefficient (Wildman–Crippen LogP) is 3.98. The number of rotatable bonds is 3. The first-order valence-electron chi connectivity index (χ1n) is 9.69. The topological polar surface area (TPSA) is 71.5 Å². The molecule has 0 unspecified atom stereocenters. The van der Waals surface area contributed by atoms with Crippen molar-refractivity contribution in [3.05, 3.63) is 64.7 Å². The van der Waals surface area contributed by atoms with Crippen LogP contribution in [-0.2, 0) is 4.74 Å². The fraction of sp³-hybridized carbons (Fsp3) is 0.273. The monoisotopic (exact) mass is 439 g/mol. The predicted molar refractivity (Wildman–Crippen MR) is 121 cm³/mol. The van der Waals surface area contributed by atoms with E-state index in [1.165, 1.54) is 16.8 Å². The van der Waals surface area contributed by atoms with Crippen LogP contribution in [0.15, 0.2) is 48.5 Å². The van der Waals surface area contributed by atoms with Crippen molar-refractivity contribution in [3.8, 4) is 0 Å². The van der Waals surface area contributed by atoms with E-state index < -0.39 is 5.97 Å². The number of thiocarbonyl (C=S) groups is 1. The SMILES string of the molecule is COC(=O)c1ccc(C(=O)NC(=S)N2CCC(c3nc4ccccc4s3)CC2)cc1. The minimum absolute atomic E-state index is 0.287. The van der Waals surface area contributed by atoms with Gasteiger partial charge in [-0.05, 0) is 61.5 Å². The first kappa shape index (κ1) is 20.4. The van der Waals surface area contributed by atoms with Crippen LogP contribution in [0.2, 0.25) is 0 Å². The highest BCUT2D eigenvalue weighted by Gasteiger charge is 2.25. The van der Waals surface area contributed by atoms with Gasteiger partial charge in [-0.15, -0.1) is 11.3 Å². The Labute approximate surface area is 183 Å². The number of hydrogen-bond acceptors (Lipinski definition) is 6. The summed E-state index contributed by atoms with van der Waals surface area (Å²) in [6.07, 6.45) is 1.90. The summed E-state index contributed by atoms with van der Waals surface area (Å²) in [6.45, 7) is 1.56. The van der Waals surface area contributed by atoms with Gasteiger partial charge in [-0.25, -0.2) is 9.78 Å². The molecule has 0 aliphatic carbocycles. The zero-order valence-electron chi connectivity index (χ0n) is 16.5. The molecule has 0 atom stereocenters. The van der Waals surface area contributed by atoms with Crippen LogP contribution in [0.1, 0.15) is 44.5 Å². The van der Waals surface area contributed by atoms with E-state index in [4.69, 9.17) is 17.2 Å². The number of methoxy groups -OCH3 is 1. The number of fused-ring (bicyclic) bond motifs is 1. The Bertz CT molecular complexity index is 1050. The molecule has 0 bridgehead atoms. The third-order valence-electron chi connectivity index (χ3n) is 5.23. The van der Waals surface area contributed by atoms with Crippen molar-refractivity contribution in [2.75, 3.05) is 20.2 Å². The summed E-state index contributed by atoms with van der Waals surface area (Å²) in [5.41, 5.74) is 1.89. The molecule has 0 radical (unpaired) electrons. The maximum atomic E-state index is 12.5. The van der Waals surface area contributed by atoms with E-state index in [1.54, 1.807) is 35.6 Å². The van der Waals surface area contributed by atoms with Gasteiger partial charge in [0.25, 0.3) is 5.91 Å². The van der Waals surface area contributed by atoms with E-state index in [9.17, 15) is 9.59 Å². The van der Waals surface area contributed by atoms with Crippen molar-refractivity contribution < 1.29 is 14.3 Å². The van der Waals surface area contributed by atoms with Gasteiger partial charge in [0.05, 0.1) is 27.9 Å². The Morgan fingerprint density at radius 3 is 2.43 bits per heavy atom. The molecule has 1 N–H and O–H groups in total. The minimum Gasteiger partial charge on any atom is -0.465 e. The lowest BCUT2D eigenvalue weighted by molar-refractivity contribution is 0.0600. The maximum Gasteiger partial charge on any atom is 0.337 e. The van der Waals surface area contributed by atoms with E-state index in [0.29, 0.717) is 22.2 Å². The summed E-state index contributed by atoms with van der Waals surface area (Å²) >= 11 is 7.21. The number of nitrogens with zero attached hydrogens (tertiary/aromatic N) is 2. The largest absolute Gasteiger partial charge is 0.465 e. The van der Waals surface area contributed by atoms with Crippen LogP contribution in [0, 0.1) is 0 Å². The van der Waals surface area contributed by atoms with Gasteiger partial charge in [0.2, 0.25) is 0 Å². The maximum absolute atomic E-state index is 12.5. The highest BCUT2D eigenvalue weighted by molar-refractivity contribution is 7.80. The van der Waals surface area contributed by atoms with Crippen molar-refractivity contribution in [1.29, 1.82) is 0 Å². The molecule has 154 valence electrons. The van der Waals surface area contributed by atoms with Crippen LogP contribution in [0.5, 0.6) is 0 Å². The van der Waals surface area contributed by atoms with E-state index in [1.807, 2.05) is 23.1 Å². The summed E-state index contributed by atoms with van der Waals surface area (Å²) in [5.74, 6) is -0.304. The number of carbonyl (C=O) groups is 2. The molecule has 3 aromatic rings. The van der Waals surface area contributed by atoms with Gasteiger partial charge in [0.15, 0.2) is 5.11 Å². The second-order valence-corrected chi connectivity index (χ2v) is 8.56. The lowest BCUT2D eigenvalue weighted by atomic mass is 9.98. The average molecular weight is 440 g/mol. The number of ether oxygens (including phenoxy) is 1. The fourth-order valence-corrected chi connectivity index (χ4v) is 4.93. The molecule has 1 aliphatic heterocycles. The highest BCUT2D eigenvalue weighted by atomic mass is 32.1. The molecule has 0 spiro atoms. The van der Waals surface area contributed by atoms with Gasteiger partial charge in [-0.1, -0.05) is 12.1 Å². The zero-order chi connectivity index (χ0) is 21.1. The molecule has 30 heavy (non-hydrogen) atoms. The number of thiazole rings is 1. The Kier molecular flexibility index (Phi) is 6.06. The number of nitrogens with one attached hydrogen (secondary N) is 1. The molecule has 1 saturated heterocycles. The molecule has 4 rings (SSSR count). The lowest BCUT2D eigenvalue weighted by Crippen LogP contribution is -2.46. The van der Waals surface area contributed by atoms with Crippen molar-refractivity contribution in [3.63, 3.8) is 0 Å². The van der Waals surface area contributed by atoms with Crippen LogP contribution in [0.4, 0.5) is 0 Å². The number of piperidine rings is 1. The summed E-state index contributed by atoms with van der Waals surface area (Å²) < 4.78 is 5.89. The molecule has 8 heteroatoms. The zero-order valence-corrected chi connectivity index (χ0v) is 18.1. The van der Waals surface area contributed by atoms with E-state index in [0.717, 1.165) is 31.4 Å². The number of benzene rings is 2. The molecule has 6 nitrogen and oxygen atoms in total. The van der Waals surface area contributed by atoms with Crippen molar-refractivity contribution in [2.24, 2.45) is 0 Å². The molecule has 2 heterocycles. The number of esters is 1. The van der Waals surface area contributed by atoms with Gasteiger partial charge in [0, 0.05) is 24.6 Å². The van der Waals surface area contributed by atoms with Gasteiger partial charge >= 0.3 is 5.97 Å². The van der Waals surface area contributed by atoms with Crippen molar-refractivity contribution in [1.82, 2.24) is 15.2 Å². The second-order valence-electron chi connectivity index (χ2n) is 7.11. The molecular weight excluding hydrogens is 418 g/mol. The van der Waals surface area contributed by atoms with E-state index in [2.05, 4.69) is 16.1 Å². The number of amides is 1. The van der Waals surface area contributed by atoms with Crippen LogP contribution in [0.3, 0.4) is 0 Å². The normalized spacial score (nSPS) is 14.5. The number of likely N-dealkylation sites (tertiary alicyclic amines) is 1. The summed E-state index contributed by atoms with van der Waals surface area (Å²) in [4.78, 5) is 30.8. The molecule has 2 aromatic carbocycles. The minimum atomic E-state index is -0.437. The molecule has 1 amide bonds. The van der Waals surface area contributed by atoms with Gasteiger partial charge < -0.3 is 9.64 Å². The van der Waals surface area contributed by atoms with Gasteiger partial charge in [-0.2, -0.15) is 0 Å². The first-order valence-corrected chi connectivity index (χ1v) is 10.9. The van der Waals surface area contributed by atoms with Crippen molar-refractivity contribution >= 4 is 50.8 Å². The quantitative estimate of drug-likeness (QED) is 0.492. The molecule has 1 aliphatic rings. The Hall–Kier alpha value is -2.84. The Morgan fingerprint density at radius 1 is 1.10 bits per heavy atom. The summed E-state index contributed by atoms with van der Waals surface area (Å²) in [5, 5.41) is 4.40. The summed E-state index contributed by atoms with van der Waals surface area (Å²) in [7, 11) is 1.32. The lowest BCUT2D eigenvalue weighted by Gasteiger charge is -2.32. The number of hydrogen-bond donors (Lipinski definition) is 1. The summed E-state index contributed by atoms with van der Waals surface area (Å²) in [6, 6.07) is 14.5. The van der Waals surface area contributed by atoms with Crippen LogP contribution in [0.25, 0.3) is 10.2 Å². The molecule has 1 fully saturated rings. The number of aromatic nitrogens is 1. The fourth-order valence-electron chi connectivity index (χ4n) is 3.52. The highest BCUT2D eigenvalue weighted by Crippen LogP contribution is 2.33. The van der Waals surface area contributed by atoms with Crippen LogP contribution in [-0.4, -0.2) is 47.1 Å². The Balaban J connectivity index is 1.32. The standard InChI is InChI=1S/C22H21N3O3S2/c1-28-21(27)16-8-6-14(7-9-16)19(26)24-22(29)25-12-10-15(11-13-25)20-23-17-4-2-3-5-18(17)30-20/h2-9,15H,10-13H2,1H3,(H,24,26,29). The second kappa shape index (κ2) is 8.89. The number of para-hydroxylation sites is 1. The van der Waals surface area contributed by atoms with Crippen LogP contribution < -0.4 is 5.32 Å². The Morgan fingerprint density at radius 2 is 1.77 bits per heavy atom. The third-order valence-corrected chi connectivity index (χ3v) is 6.79. The van der Waals surface area contributed by atoms with Gasteiger partial charge in [-0.3, -0.25) is 10.1 Å². The third kappa shape index (κ3) is 4.34. The number of carbonyl (C=O) groups excluding carboxylic acids is 2. The van der Waals surface area contributed by atoms with E-state index in [-0.39, 0.29) is 5.91 Å². The average Bonchev–Trinajstić information content (AvgIpc) is 3.23. The molecular formula is C22H21N3O3S2. The van der Waals surface area contributed by atoms with Gasteiger partial charge in [0.1, 0.15) is 0 Å². The molecule has 1 aromatic heterocycles. The smallest absolute Gasteiger partial charge is 0.337 e.